The fraction of sp³-hybridized carbons (Fsp3) is 0.455. The Bertz CT molecular complexity index is 423. The van der Waals surface area contributed by atoms with Crippen molar-refractivity contribution in [1.29, 1.82) is 0 Å². The third-order valence-corrected chi connectivity index (χ3v) is 3.48. The Morgan fingerprint density at radius 1 is 1.39 bits per heavy atom. The number of hydrazine groups is 1. The minimum absolute atomic E-state index is 0.454. The van der Waals surface area contributed by atoms with E-state index in [0.29, 0.717) is 10.7 Å². The Labute approximate surface area is 107 Å². The lowest BCUT2D eigenvalue weighted by Crippen LogP contribution is -2.45. The van der Waals surface area contributed by atoms with E-state index in [-0.39, 0.29) is 0 Å². The molecule has 0 aliphatic heterocycles. The summed E-state index contributed by atoms with van der Waals surface area (Å²) in [4.78, 5) is 21.8. The Kier molecular flexibility index (Phi) is 4.18. The molecule has 7 heteroatoms. The van der Waals surface area contributed by atoms with Crippen LogP contribution in [0.2, 0.25) is 19.6 Å². The molecule has 0 aromatic rings. The molecule has 18 heavy (non-hydrogen) atoms. The van der Waals surface area contributed by atoms with Crippen LogP contribution in [-0.4, -0.2) is 35.5 Å². The molecule has 100 valence electrons. The lowest BCUT2D eigenvalue weighted by atomic mass is 9.96. The minimum atomic E-state index is -1.67. The third kappa shape index (κ3) is 3.92. The number of hydrogen-bond donors (Lipinski definition) is 3. The average molecular weight is 270 g/mol. The van der Waals surface area contributed by atoms with Gasteiger partial charge in [0.25, 0.3) is 0 Å². The van der Waals surface area contributed by atoms with Crippen LogP contribution in [0.15, 0.2) is 23.0 Å². The van der Waals surface area contributed by atoms with Gasteiger partial charge in [-0.05, 0) is 18.4 Å². The predicted octanol–water partition coefficient (Wildman–Crippen LogP) is 2.63. The van der Waals surface area contributed by atoms with Crippen molar-refractivity contribution in [2.75, 3.05) is 0 Å². The predicted molar refractivity (Wildman–Crippen MR) is 69.8 cm³/mol. The number of allylic oxidation sites excluding steroid dienone is 2. The molecule has 0 atom stereocenters. The first-order valence-corrected chi connectivity index (χ1v) is 9.23. The van der Waals surface area contributed by atoms with Gasteiger partial charge in [0.05, 0.1) is 13.8 Å². The van der Waals surface area contributed by atoms with Gasteiger partial charge in [-0.15, -0.1) is 0 Å². The highest BCUT2D eigenvalue weighted by molar-refractivity contribution is 6.81. The van der Waals surface area contributed by atoms with E-state index >= 15 is 0 Å². The molecule has 3 N–H and O–H groups in total. The maximum absolute atomic E-state index is 11.2. The van der Waals surface area contributed by atoms with Crippen molar-refractivity contribution in [2.45, 2.75) is 32.5 Å². The molecule has 6 nitrogen and oxygen atoms in total. The second-order valence-corrected chi connectivity index (χ2v) is 10.2. The second kappa shape index (κ2) is 5.26. The first kappa shape index (κ1) is 14.3. The van der Waals surface area contributed by atoms with E-state index in [0.717, 1.165) is 18.4 Å². The number of carboxylic acid groups (broad SMARTS) is 2. The van der Waals surface area contributed by atoms with Crippen molar-refractivity contribution in [3.8, 4) is 0 Å². The second-order valence-electron chi connectivity index (χ2n) is 5.20. The number of amides is 2. The summed E-state index contributed by atoms with van der Waals surface area (Å²) >= 11 is 0. The molecule has 0 radical (unpaired) electrons. The zero-order chi connectivity index (χ0) is 13.9. The molecule has 2 amide bonds. The van der Waals surface area contributed by atoms with Gasteiger partial charge in [-0.25, -0.2) is 15.0 Å². The number of nitrogens with one attached hydrogen (secondary N) is 1. The van der Waals surface area contributed by atoms with Crippen LogP contribution in [0, 0.1) is 0 Å². The minimum Gasteiger partial charge on any atom is -0.464 e. The molecule has 1 aliphatic rings. The van der Waals surface area contributed by atoms with Crippen LogP contribution in [0.1, 0.15) is 12.8 Å². The zero-order valence-electron chi connectivity index (χ0n) is 10.7. The summed E-state index contributed by atoms with van der Waals surface area (Å²) in [5, 5.41) is 18.5. The highest BCUT2D eigenvalue weighted by atomic mass is 28.3. The smallest absolute Gasteiger partial charge is 0.431 e. The first-order valence-electron chi connectivity index (χ1n) is 5.65. The number of hydrogen-bond acceptors (Lipinski definition) is 2. The molecule has 1 aliphatic carbocycles. The van der Waals surface area contributed by atoms with Crippen LogP contribution in [-0.2, 0) is 0 Å². The molecule has 0 aromatic heterocycles. The molecule has 0 unspecified atom stereocenters. The van der Waals surface area contributed by atoms with Crippen molar-refractivity contribution in [3.63, 3.8) is 0 Å². The van der Waals surface area contributed by atoms with Crippen LogP contribution >= 0.6 is 0 Å². The van der Waals surface area contributed by atoms with Crippen molar-refractivity contribution in [2.24, 2.45) is 0 Å². The normalized spacial score (nSPS) is 15.5. The summed E-state index contributed by atoms with van der Waals surface area (Å²) in [6, 6.07) is 0. The molecule has 0 saturated heterocycles. The maximum atomic E-state index is 11.2. The number of carbonyl (C=O) groups is 2. The first-order chi connectivity index (χ1) is 8.20. The van der Waals surface area contributed by atoms with Gasteiger partial charge < -0.3 is 10.2 Å². The fourth-order valence-electron chi connectivity index (χ4n) is 1.54. The van der Waals surface area contributed by atoms with Crippen molar-refractivity contribution in [3.05, 3.63) is 23.0 Å². The summed E-state index contributed by atoms with van der Waals surface area (Å²) < 4.78 is 0. The third-order valence-electron chi connectivity index (χ3n) is 2.34. The van der Waals surface area contributed by atoms with Gasteiger partial charge in [0.2, 0.25) is 0 Å². The summed E-state index contributed by atoms with van der Waals surface area (Å²) in [6.45, 7) is 6.19. The largest absolute Gasteiger partial charge is 0.464 e. The average Bonchev–Trinajstić information content (AvgIpc) is 2.07. The maximum Gasteiger partial charge on any atom is 0.431 e. The SMILES string of the molecule is C[Si](C)(C)/C=C(\C1=CCC1)N(NC(=O)O)C(=O)O. The molecule has 0 spiro atoms. The molecule has 1 rings (SSSR count). The van der Waals surface area contributed by atoms with E-state index in [1.54, 1.807) is 0 Å². The van der Waals surface area contributed by atoms with Gasteiger partial charge in [-0.3, -0.25) is 0 Å². The van der Waals surface area contributed by atoms with Gasteiger partial charge in [0.1, 0.15) is 0 Å². The van der Waals surface area contributed by atoms with E-state index in [1.165, 1.54) is 0 Å². The van der Waals surface area contributed by atoms with E-state index in [1.807, 2.05) is 17.2 Å². The van der Waals surface area contributed by atoms with Crippen molar-refractivity contribution in [1.82, 2.24) is 10.4 Å². The summed E-state index contributed by atoms with van der Waals surface area (Å²) in [5.41, 5.74) is 5.14. The van der Waals surface area contributed by atoms with Gasteiger partial charge in [0, 0.05) is 0 Å². The molecular weight excluding hydrogens is 252 g/mol. The van der Waals surface area contributed by atoms with Crippen LogP contribution in [0.5, 0.6) is 0 Å². The van der Waals surface area contributed by atoms with Crippen LogP contribution in [0.3, 0.4) is 0 Å². The highest BCUT2D eigenvalue weighted by Crippen LogP contribution is 2.29. The number of nitrogens with zero attached hydrogens (tertiary/aromatic N) is 1. The molecule has 0 heterocycles. The molecular formula is C11H18N2O4Si. The summed E-state index contributed by atoms with van der Waals surface area (Å²) in [5.74, 6) is 0. The fourth-order valence-corrected chi connectivity index (χ4v) is 2.67. The summed E-state index contributed by atoms with van der Waals surface area (Å²) in [6.07, 6.45) is 0.889. The molecule has 0 saturated carbocycles. The zero-order valence-corrected chi connectivity index (χ0v) is 11.7. The number of rotatable bonds is 3. The van der Waals surface area contributed by atoms with Gasteiger partial charge in [-0.1, -0.05) is 31.4 Å². The topological polar surface area (TPSA) is 89.9 Å². The van der Waals surface area contributed by atoms with Gasteiger partial charge >= 0.3 is 12.2 Å². The van der Waals surface area contributed by atoms with Crippen LogP contribution < -0.4 is 5.43 Å². The van der Waals surface area contributed by atoms with Gasteiger partial charge in [0.15, 0.2) is 0 Å². The van der Waals surface area contributed by atoms with E-state index in [9.17, 15) is 9.59 Å². The van der Waals surface area contributed by atoms with Crippen molar-refractivity contribution >= 4 is 20.3 Å². The molecule has 0 fully saturated rings. The molecule has 0 bridgehead atoms. The highest BCUT2D eigenvalue weighted by Gasteiger charge is 2.26. The Balaban J connectivity index is 3.10. The Morgan fingerprint density at radius 2 is 1.94 bits per heavy atom. The Hall–Kier alpha value is -1.76. The lowest BCUT2D eigenvalue weighted by molar-refractivity contribution is 0.126. The molecule has 0 aromatic carbocycles. The summed E-state index contributed by atoms with van der Waals surface area (Å²) in [7, 11) is -1.67. The van der Waals surface area contributed by atoms with E-state index in [2.05, 4.69) is 19.6 Å². The lowest BCUT2D eigenvalue weighted by Gasteiger charge is -2.28. The van der Waals surface area contributed by atoms with Crippen LogP contribution in [0.25, 0.3) is 0 Å². The Morgan fingerprint density at radius 3 is 2.22 bits per heavy atom. The van der Waals surface area contributed by atoms with Gasteiger partial charge in [-0.2, -0.15) is 5.01 Å². The van der Waals surface area contributed by atoms with Crippen LogP contribution in [0.4, 0.5) is 9.59 Å². The van der Waals surface area contributed by atoms with Crippen molar-refractivity contribution < 1.29 is 19.8 Å². The van der Waals surface area contributed by atoms with E-state index < -0.39 is 20.3 Å². The quantitative estimate of drug-likeness (QED) is 0.543. The monoisotopic (exact) mass is 270 g/mol. The van der Waals surface area contributed by atoms with E-state index in [4.69, 9.17) is 10.2 Å². The standard InChI is InChI=1S/C11H18N2O4Si/c1-18(2,3)7-9(8-5-4-6-8)13(11(16)17)12-10(14)15/h5,7,12H,4,6H2,1-3H3,(H,14,15)(H,16,17)/b9-7+.